The third kappa shape index (κ3) is 2.02. The maximum atomic E-state index is 12.2. The molecule has 1 radical (unpaired) electrons. The van der Waals surface area contributed by atoms with Crippen LogP contribution >= 0.6 is 0 Å². The van der Waals surface area contributed by atoms with Gasteiger partial charge in [-0.1, -0.05) is 32.8 Å². The molecule has 2 aliphatic carbocycles. The van der Waals surface area contributed by atoms with Crippen LogP contribution in [-0.4, -0.2) is 5.78 Å². The van der Waals surface area contributed by atoms with Gasteiger partial charge in [0.2, 0.25) is 0 Å². The molecule has 0 spiro atoms. The van der Waals surface area contributed by atoms with Gasteiger partial charge < -0.3 is 0 Å². The molecular weight excluding hydrogens is 184 g/mol. The highest BCUT2D eigenvalue weighted by Gasteiger charge is 2.39. The van der Waals surface area contributed by atoms with E-state index in [0.717, 1.165) is 24.8 Å². The van der Waals surface area contributed by atoms with E-state index in [-0.39, 0.29) is 0 Å². The lowest BCUT2D eigenvalue weighted by atomic mass is 9.70. The van der Waals surface area contributed by atoms with Gasteiger partial charge in [-0.3, -0.25) is 4.79 Å². The zero-order valence-corrected chi connectivity index (χ0v) is 9.88. The van der Waals surface area contributed by atoms with Crippen molar-refractivity contribution in [3.63, 3.8) is 0 Å². The minimum atomic E-state index is 0.318. The van der Waals surface area contributed by atoms with Gasteiger partial charge in [-0.2, -0.15) is 0 Å². The summed E-state index contributed by atoms with van der Waals surface area (Å²) in [4.78, 5) is 12.2. The number of unbranched alkanes of at least 4 members (excludes halogenated alkanes) is 1. The molecule has 0 aromatic heterocycles. The van der Waals surface area contributed by atoms with Crippen LogP contribution in [0.15, 0.2) is 11.6 Å². The van der Waals surface area contributed by atoms with Gasteiger partial charge in [0.25, 0.3) is 0 Å². The second-order valence-electron chi connectivity index (χ2n) is 5.05. The van der Waals surface area contributed by atoms with Gasteiger partial charge in [-0.05, 0) is 37.2 Å². The van der Waals surface area contributed by atoms with Crippen LogP contribution in [0.4, 0.5) is 0 Å². The number of hydrogen-bond donors (Lipinski definition) is 0. The molecule has 0 heterocycles. The number of fused-ring (bicyclic) bond motifs is 1. The summed E-state index contributed by atoms with van der Waals surface area (Å²) in [5.74, 6) is 2.79. The normalized spacial score (nSPS) is 31.6. The largest absolute Gasteiger partial charge is 0.294 e. The van der Waals surface area contributed by atoms with E-state index < -0.39 is 0 Å². The Balaban J connectivity index is 2.07. The number of hydrogen-bond acceptors (Lipinski definition) is 1. The Morgan fingerprint density at radius 3 is 3.00 bits per heavy atom. The van der Waals surface area contributed by atoms with Crippen LogP contribution in [0.2, 0.25) is 0 Å². The highest BCUT2D eigenvalue weighted by Crippen LogP contribution is 2.43. The molecule has 83 valence electrons. The molecule has 2 aliphatic rings. The second kappa shape index (κ2) is 4.51. The Morgan fingerprint density at radius 2 is 2.27 bits per heavy atom. The van der Waals surface area contributed by atoms with E-state index in [4.69, 9.17) is 0 Å². The fraction of sp³-hybridized carbons (Fsp3) is 0.714. The maximum absolute atomic E-state index is 12.2. The van der Waals surface area contributed by atoms with Crippen LogP contribution in [0.1, 0.15) is 52.4 Å². The van der Waals surface area contributed by atoms with Crippen molar-refractivity contribution in [3.05, 3.63) is 17.6 Å². The summed E-state index contributed by atoms with van der Waals surface area (Å²) >= 11 is 0. The first-order chi connectivity index (χ1) is 7.24. The van der Waals surface area contributed by atoms with E-state index in [1.807, 2.05) is 0 Å². The zero-order chi connectivity index (χ0) is 10.8. The van der Waals surface area contributed by atoms with Crippen molar-refractivity contribution in [3.8, 4) is 0 Å². The van der Waals surface area contributed by atoms with Gasteiger partial charge >= 0.3 is 0 Å². The van der Waals surface area contributed by atoms with Crippen LogP contribution in [0.5, 0.6) is 0 Å². The van der Waals surface area contributed by atoms with Crippen molar-refractivity contribution in [1.29, 1.82) is 0 Å². The molecule has 0 aromatic carbocycles. The molecule has 0 aromatic rings. The number of allylic oxidation sites excluding steroid dienone is 2. The molecule has 1 nitrogen and oxygen atoms in total. The SMILES string of the molecule is CCCCC1C(=O)C2=CCC[C]2C[C@@H]1C. The molecule has 1 saturated carbocycles. The minimum absolute atomic E-state index is 0.318. The van der Waals surface area contributed by atoms with E-state index in [0.29, 0.717) is 17.6 Å². The Kier molecular flexibility index (Phi) is 3.28. The highest BCUT2D eigenvalue weighted by molar-refractivity contribution is 6.02. The maximum Gasteiger partial charge on any atom is 0.162 e. The van der Waals surface area contributed by atoms with Crippen molar-refractivity contribution in [1.82, 2.24) is 0 Å². The molecule has 0 saturated heterocycles. The zero-order valence-electron chi connectivity index (χ0n) is 9.88. The summed E-state index contributed by atoms with van der Waals surface area (Å²) in [6.45, 7) is 4.45. The van der Waals surface area contributed by atoms with Crippen molar-refractivity contribution in [2.45, 2.75) is 52.4 Å². The summed E-state index contributed by atoms with van der Waals surface area (Å²) in [7, 11) is 0. The average molecular weight is 205 g/mol. The number of ketones is 1. The van der Waals surface area contributed by atoms with Crippen LogP contribution in [0.3, 0.4) is 0 Å². The predicted molar refractivity (Wildman–Crippen MR) is 62.4 cm³/mol. The van der Waals surface area contributed by atoms with Crippen molar-refractivity contribution in [2.75, 3.05) is 0 Å². The van der Waals surface area contributed by atoms with Crippen molar-refractivity contribution in [2.24, 2.45) is 11.8 Å². The topological polar surface area (TPSA) is 17.1 Å². The minimum Gasteiger partial charge on any atom is -0.294 e. The molecule has 1 heteroatoms. The molecule has 0 aliphatic heterocycles. The van der Waals surface area contributed by atoms with E-state index in [2.05, 4.69) is 19.9 Å². The highest BCUT2D eigenvalue weighted by atomic mass is 16.1. The fourth-order valence-corrected chi connectivity index (χ4v) is 2.99. The van der Waals surface area contributed by atoms with Gasteiger partial charge in [0, 0.05) is 11.8 Å². The number of carbonyl (C=O) groups excluding carboxylic acids is 1. The summed E-state index contributed by atoms with van der Waals surface area (Å²) in [6, 6.07) is 0. The van der Waals surface area contributed by atoms with Crippen LogP contribution in [0.25, 0.3) is 0 Å². The standard InChI is InChI=1S/C14H21O/c1-3-4-7-12-10(2)9-11-6-5-8-13(11)14(12)15/h8,10,12H,3-7,9H2,1-2H3/t10-,12?/m0/s1. The monoisotopic (exact) mass is 205 g/mol. The average Bonchev–Trinajstić information content (AvgIpc) is 2.65. The van der Waals surface area contributed by atoms with Gasteiger partial charge in [0.05, 0.1) is 0 Å². The number of rotatable bonds is 3. The first kappa shape index (κ1) is 10.9. The molecule has 1 fully saturated rings. The molecule has 0 amide bonds. The number of Topliss-reactive ketones (excluding diaryl/α,β-unsaturated/α-hetero) is 1. The van der Waals surface area contributed by atoms with Gasteiger partial charge in [0.15, 0.2) is 5.78 Å². The summed E-state index contributed by atoms with van der Waals surface area (Å²) in [5.41, 5.74) is 1.11. The van der Waals surface area contributed by atoms with Gasteiger partial charge in [-0.15, -0.1) is 0 Å². The lowest BCUT2D eigenvalue weighted by molar-refractivity contribution is -0.121. The lowest BCUT2D eigenvalue weighted by Gasteiger charge is -2.32. The van der Waals surface area contributed by atoms with Crippen molar-refractivity contribution < 1.29 is 4.79 Å². The molecule has 2 atom stereocenters. The molecule has 0 N–H and O–H groups in total. The smallest absolute Gasteiger partial charge is 0.162 e. The quantitative estimate of drug-likeness (QED) is 0.686. The lowest BCUT2D eigenvalue weighted by Crippen LogP contribution is -2.31. The van der Waals surface area contributed by atoms with Gasteiger partial charge in [0.1, 0.15) is 0 Å². The molecular formula is C14H21O. The first-order valence-corrected chi connectivity index (χ1v) is 6.33. The molecule has 1 unspecified atom stereocenters. The first-order valence-electron chi connectivity index (χ1n) is 6.33. The Bertz CT molecular complexity index is 277. The van der Waals surface area contributed by atoms with Crippen LogP contribution in [-0.2, 0) is 4.79 Å². The van der Waals surface area contributed by atoms with Crippen LogP contribution in [0, 0.1) is 17.8 Å². The predicted octanol–water partition coefficient (Wildman–Crippen LogP) is 3.70. The van der Waals surface area contributed by atoms with E-state index in [1.54, 1.807) is 0 Å². The van der Waals surface area contributed by atoms with Gasteiger partial charge in [-0.25, -0.2) is 0 Å². The summed E-state index contributed by atoms with van der Waals surface area (Å²) in [6.07, 6.45) is 9.08. The van der Waals surface area contributed by atoms with E-state index in [1.165, 1.54) is 25.2 Å². The summed E-state index contributed by atoms with van der Waals surface area (Å²) in [5, 5.41) is 0. The third-order valence-electron chi connectivity index (χ3n) is 3.90. The van der Waals surface area contributed by atoms with E-state index >= 15 is 0 Å². The molecule has 0 bridgehead atoms. The third-order valence-corrected chi connectivity index (χ3v) is 3.90. The Labute approximate surface area is 92.9 Å². The van der Waals surface area contributed by atoms with E-state index in [9.17, 15) is 4.79 Å². The fourth-order valence-electron chi connectivity index (χ4n) is 2.99. The Morgan fingerprint density at radius 1 is 1.47 bits per heavy atom. The Hall–Kier alpha value is -0.590. The second-order valence-corrected chi connectivity index (χ2v) is 5.05. The number of carbonyl (C=O) groups is 1. The summed E-state index contributed by atoms with van der Waals surface area (Å²) < 4.78 is 0. The molecule has 2 rings (SSSR count). The van der Waals surface area contributed by atoms with Crippen LogP contribution < -0.4 is 0 Å². The van der Waals surface area contributed by atoms with Crippen molar-refractivity contribution >= 4 is 5.78 Å². The molecule has 15 heavy (non-hydrogen) atoms.